The zero-order valence-electron chi connectivity index (χ0n) is 12.0. The third-order valence-electron chi connectivity index (χ3n) is 3.42. The van der Waals surface area contributed by atoms with E-state index in [-0.39, 0.29) is 0 Å². The van der Waals surface area contributed by atoms with E-state index in [0.717, 1.165) is 16.9 Å². The van der Waals surface area contributed by atoms with Gasteiger partial charge in [-0.2, -0.15) is 12.6 Å². The number of carbonyl (C=O) groups is 1. The number of carboxylic acids is 1. The molecule has 0 saturated heterocycles. The molecule has 4 rings (SSSR count). The molecule has 0 fully saturated rings. The van der Waals surface area contributed by atoms with E-state index in [1.54, 1.807) is 0 Å². The molecule has 1 unspecified atom stereocenters. The summed E-state index contributed by atoms with van der Waals surface area (Å²) in [5, 5.41) is 12.9. The number of nitrogens with zero attached hydrogens (tertiary/aromatic N) is 1. The molecule has 0 bridgehead atoms. The summed E-state index contributed by atoms with van der Waals surface area (Å²) in [7, 11) is 0. The highest BCUT2D eigenvalue weighted by Gasteiger charge is 2.18. The van der Waals surface area contributed by atoms with Gasteiger partial charge in [-0.1, -0.05) is 42.5 Å². The van der Waals surface area contributed by atoms with Crippen LogP contribution in [0.15, 0.2) is 53.9 Å². The second-order valence-electron chi connectivity index (χ2n) is 4.98. The van der Waals surface area contributed by atoms with Crippen LogP contribution in [0.2, 0.25) is 0 Å². The Balaban J connectivity index is 0.000000183. The lowest BCUT2D eigenvalue weighted by Gasteiger charge is -2.03. The first-order valence-electron chi connectivity index (χ1n) is 6.88. The number of benzene rings is 2. The van der Waals surface area contributed by atoms with Gasteiger partial charge in [-0.3, -0.25) is 4.79 Å². The van der Waals surface area contributed by atoms with Crippen molar-refractivity contribution in [1.29, 1.82) is 0 Å². The number of aliphatic carboxylic acids is 1. The Morgan fingerprint density at radius 2 is 1.96 bits per heavy atom. The summed E-state index contributed by atoms with van der Waals surface area (Å²) in [4.78, 5) is 15.0. The largest absolute Gasteiger partial charge is 0.480 e. The molecule has 2 aliphatic rings. The Kier molecular flexibility index (Phi) is 4.36. The van der Waals surface area contributed by atoms with Crippen LogP contribution in [-0.4, -0.2) is 16.1 Å². The Hall–Kier alpha value is -2.31. The number of rotatable bonds is 3. The predicted molar refractivity (Wildman–Crippen MR) is 95.4 cm³/mol. The summed E-state index contributed by atoms with van der Waals surface area (Å²) in [6.07, 6.45) is 0. The highest BCUT2D eigenvalue weighted by atomic mass is 32.1. The molecular weight excluding hydrogens is 328 g/mol. The molecule has 23 heavy (non-hydrogen) atoms. The normalized spacial score (nSPS) is 12.0. The average Bonchev–Trinajstić information content (AvgIpc) is 3.02. The summed E-state index contributed by atoms with van der Waals surface area (Å²) >= 11 is 5.30. The molecule has 116 valence electrons. The van der Waals surface area contributed by atoms with Gasteiger partial charge in [0.15, 0.2) is 5.25 Å². The van der Waals surface area contributed by atoms with Gasteiger partial charge in [-0.25, -0.2) is 4.98 Å². The van der Waals surface area contributed by atoms with Gasteiger partial charge in [0.25, 0.3) is 0 Å². The van der Waals surface area contributed by atoms with E-state index in [9.17, 15) is 4.79 Å². The molecular formula is C17H14N2O2S2. The third kappa shape index (κ3) is 3.23. The highest BCUT2D eigenvalue weighted by Crippen LogP contribution is 2.28. The first kappa shape index (κ1) is 15.6. The maximum atomic E-state index is 10.7. The molecule has 1 aromatic heterocycles. The van der Waals surface area contributed by atoms with Crippen molar-refractivity contribution in [2.75, 3.05) is 5.73 Å². The van der Waals surface area contributed by atoms with Gasteiger partial charge >= 0.3 is 5.97 Å². The Labute approximate surface area is 142 Å². The van der Waals surface area contributed by atoms with Gasteiger partial charge in [0, 0.05) is 21.8 Å². The molecule has 0 amide bonds. The van der Waals surface area contributed by atoms with E-state index in [1.807, 2.05) is 47.8 Å². The molecule has 2 aliphatic carbocycles. The summed E-state index contributed by atoms with van der Waals surface area (Å²) < 4.78 is 0. The van der Waals surface area contributed by atoms with Crippen LogP contribution in [0.1, 0.15) is 10.3 Å². The first-order valence-corrected chi connectivity index (χ1v) is 8.27. The van der Waals surface area contributed by atoms with Crippen molar-refractivity contribution in [3.8, 4) is 11.3 Å². The van der Waals surface area contributed by atoms with E-state index in [0.29, 0.717) is 5.01 Å². The minimum atomic E-state index is -0.975. The minimum absolute atomic E-state index is 0.509. The third-order valence-corrected chi connectivity index (χ3v) is 4.97. The van der Waals surface area contributed by atoms with Crippen LogP contribution >= 0.6 is 24.0 Å². The predicted octanol–water partition coefficient (Wildman–Crippen LogP) is 3.73. The van der Waals surface area contributed by atoms with Gasteiger partial charge in [-0.15, -0.1) is 11.3 Å². The molecule has 3 N–H and O–H groups in total. The molecule has 1 atom stereocenters. The monoisotopic (exact) mass is 342 g/mol. The fourth-order valence-corrected chi connectivity index (χ4v) is 3.12. The van der Waals surface area contributed by atoms with Crippen LogP contribution in [0.4, 0.5) is 5.69 Å². The van der Waals surface area contributed by atoms with E-state index >= 15 is 0 Å². The topological polar surface area (TPSA) is 76.2 Å². The van der Waals surface area contributed by atoms with Gasteiger partial charge in [-0.05, 0) is 11.3 Å². The van der Waals surface area contributed by atoms with Crippen molar-refractivity contribution in [3.05, 3.63) is 69.4 Å². The fourth-order valence-electron chi connectivity index (χ4n) is 2.08. The van der Waals surface area contributed by atoms with Crippen LogP contribution < -0.4 is 5.73 Å². The van der Waals surface area contributed by atoms with Crippen molar-refractivity contribution in [1.82, 2.24) is 4.98 Å². The number of carboxylic acid groups (broad SMARTS) is 1. The number of nitrogens with two attached hydrogens (primary N) is 1. The number of hydrogen-bond acceptors (Lipinski definition) is 5. The van der Waals surface area contributed by atoms with Crippen LogP contribution in [0, 0.1) is 10.4 Å². The molecule has 2 aromatic rings. The fraction of sp³-hybridized carbons (Fsp3) is 0.0588. The number of aromatic nitrogens is 1. The van der Waals surface area contributed by atoms with Crippen molar-refractivity contribution in [2.45, 2.75) is 5.25 Å². The van der Waals surface area contributed by atoms with Crippen LogP contribution in [0.5, 0.6) is 0 Å². The zero-order chi connectivity index (χ0) is 16.4. The van der Waals surface area contributed by atoms with Crippen LogP contribution in [0.3, 0.4) is 0 Å². The van der Waals surface area contributed by atoms with Gasteiger partial charge < -0.3 is 10.8 Å². The van der Waals surface area contributed by atoms with E-state index in [2.05, 4.69) is 23.7 Å². The molecule has 0 aliphatic heterocycles. The molecule has 6 heteroatoms. The lowest BCUT2D eigenvalue weighted by Crippen LogP contribution is -2.04. The average molecular weight is 342 g/mol. The number of nitrogen functional groups attached to an aromatic ring is 1. The Bertz CT molecular complexity index is 939. The number of thiazole rings is 1. The van der Waals surface area contributed by atoms with Gasteiger partial charge in [0.05, 0.1) is 5.69 Å². The Morgan fingerprint density at radius 1 is 1.22 bits per heavy atom. The smallest absolute Gasteiger partial charge is 0.323 e. The molecule has 1 aromatic carbocycles. The maximum Gasteiger partial charge on any atom is 0.323 e. The van der Waals surface area contributed by atoms with E-state index in [1.165, 1.54) is 21.8 Å². The SMILES string of the molecule is Nc1cc2ccc1=2.O=C(O)C(S)c1nc(-c2ccccc2)cs1. The second-order valence-corrected chi connectivity index (χ2v) is 6.39. The number of thiol groups is 1. The highest BCUT2D eigenvalue weighted by molar-refractivity contribution is 7.81. The van der Waals surface area contributed by atoms with Crippen molar-refractivity contribution in [2.24, 2.45) is 0 Å². The molecule has 1 heterocycles. The first-order chi connectivity index (χ1) is 11.1. The van der Waals surface area contributed by atoms with Crippen molar-refractivity contribution < 1.29 is 9.90 Å². The molecule has 4 nitrogen and oxygen atoms in total. The van der Waals surface area contributed by atoms with Crippen LogP contribution in [0.25, 0.3) is 11.3 Å². The van der Waals surface area contributed by atoms with Crippen LogP contribution in [-0.2, 0) is 4.79 Å². The maximum absolute atomic E-state index is 10.7. The van der Waals surface area contributed by atoms with Gasteiger partial charge in [0.2, 0.25) is 0 Å². The summed E-state index contributed by atoms with van der Waals surface area (Å²) in [6.45, 7) is 0. The Morgan fingerprint density at radius 3 is 2.39 bits per heavy atom. The summed E-state index contributed by atoms with van der Waals surface area (Å²) in [6, 6.07) is 15.7. The zero-order valence-corrected chi connectivity index (χ0v) is 13.7. The van der Waals surface area contributed by atoms with E-state index in [4.69, 9.17) is 10.8 Å². The summed E-state index contributed by atoms with van der Waals surface area (Å²) in [5.41, 5.74) is 8.13. The second kappa shape index (κ2) is 6.44. The summed E-state index contributed by atoms with van der Waals surface area (Å²) in [5.74, 6) is -0.975. The number of hydrogen-bond donors (Lipinski definition) is 3. The quantitative estimate of drug-likeness (QED) is 0.392. The molecule has 0 spiro atoms. The van der Waals surface area contributed by atoms with E-state index < -0.39 is 11.2 Å². The van der Waals surface area contributed by atoms with Crippen molar-refractivity contribution in [3.63, 3.8) is 0 Å². The number of anilines is 1. The van der Waals surface area contributed by atoms with Crippen molar-refractivity contribution >= 4 is 35.6 Å². The molecule has 0 radical (unpaired) electrons. The van der Waals surface area contributed by atoms with Gasteiger partial charge in [0.1, 0.15) is 5.01 Å². The lowest BCUT2D eigenvalue weighted by molar-refractivity contribution is -0.136. The molecule has 0 saturated carbocycles. The lowest BCUT2D eigenvalue weighted by atomic mass is 10.1. The standard InChI is InChI=1S/C11H9NO2S2.C6H5N/c13-11(14)9(15)10-12-8(6-16-10)7-4-2-1-3-5-7;7-6-3-4-1-2-5(4)6/h1-6,9,15H,(H,13,14);1-3H,7H2. The minimum Gasteiger partial charge on any atom is -0.480 e.